The molecule has 3 nitrogen and oxygen atoms in total. The zero-order chi connectivity index (χ0) is 11.8. The molecule has 0 radical (unpaired) electrons. The van der Waals surface area contributed by atoms with Crippen LogP contribution >= 0.6 is 11.3 Å². The smallest absolute Gasteiger partial charge is 0.185 e. The Morgan fingerprint density at radius 1 is 1.44 bits per heavy atom. The fourth-order valence-electron chi connectivity index (χ4n) is 2.54. The topological polar surface area (TPSA) is 42.2 Å². The average molecular weight is 239 g/mol. The van der Waals surface area contributed by atoms with Gasteiger partial charge in [0, 0.05) is 24.4 Å². The molecule has 1 aliphatic carbocycles. The molecule has 4 heteroatoms. The van der Waals surface area contributed by atoms with Gasteiger partial charge in [0.2, 0.25) is 0 Å². The van der Waals surface area contributed by atoms with Gasteiger partial charge in [0.25, 0.3) is 0 Å². The van der Waals surface area contributed by atoms with Crippen LogP contribution in [0.3, 0.4) is 0 Å². The van der Waals surface area contributed by atoms with Crippen LogP contribution in [0.15, 0.2) is 0 Å². The Morgan fingerprint density at radius 3 is 2.50 bits per heavy atom. The molecule has 1 aromatic rings. The Morgan fingerprint density at radius 2 is 2.12 bits per heavy atom. The van der Waals surface area contributed by atoms with Crippen LogP contribution in [0.5, 0.6) is 0 Å². The second-order valence-electron chi connectivity index (χ2n) is 4.98. The van der Waals surface area contributed by atoms with Crippen LogP contribution in [-0.2, 0) is 5.41 Å². The van der Waals surface area contributed by atoms with Gasteiger partial charge in [-0.15, -0.1) is 11.3 Å². The summed E-state index contributed by atoms with van der Waals surface area (Å²) in [4.78, 5) is 8.22. The zero-order valence-electron chi connectivity index (χ0n) is 10.4. The van der Waals surface area contributed by atoms with E-state index in [2.05, 4.69) is 30.9 Å². The van der Waals surface area contributed by atoms with Gasteiger partial charge in [-0.05, 0) is 32.7 Å². The Kier molecular flexibility index (Phi) is 3.22. The third-order valence-corrected chi connectivity index (χ3v) is 5.15. The van der Waals surface area contributed by atoms with Crippen molar-refractivity contribution in [3.05, 3.63) is 10.6 Å². The maximum absolute atomic E-state index is 5.75. The second kappa shape index (κ2) is 4.34. The first-order chi connectivity index (χ1) is 7.59. The lowest BCUT2D eigenvalue weighted by atomic mass is 9.65. The van der Waals surface area contributed by atoms with E-state index in [0.29, 0.717) is 5.41 Å². The van der Waals surface area contributed by atoms with E-state index in [0.717, 1.165) is 18.1 Å². The first-order valence-corrected chi connectivity index (χ1v) is 6.76. The second-order valence-corrected chi connectivity index (χ2v) is 5.96. The molecule has 0 amide bonds. The molecule has 1 heterocycles. The van der Waals surface area contributed by atoms with Crippen LogP contribution in [0.2, 0.25) is 0 Å². The minimum atomic E-state index is 0.366. The maximum atomic E-state index is 5.75. The number of nitrogens with zero attached hydrogens (tertiary/aromatic N) is 2. The number of nitrogens with two attached hydrogens (primary N) is 1. The molecule has 0 unspecified atom stereocenters. The third kappa shape index (κ3) is 1.84. The zero-order valence-corrected chi connectivity index (χ0v) is 11.2. The normalized spacial score (nSPS) is 18.2. The van der Waals surface area contributed by atoms with Gasteiger partial charge in [0.15, 0.2) is 5.13 Å². The van der Waals surface area contributed by atoms with Crippen LogP contribution in [0.4, 0.5) is 5.13 Å². The number of aryl methyl sites for hydroxylation is 1. The maximum Gasteiger partial charge on any atom is 0.185 e. The van der Waals surface area contributed by atoms with Crippen LogP contribution in [0.1, 0.15) is 36.3 Å². The van der Waals surface area contributed by atoms with Crippen molar-refractivity contribution in [2.24, 2.45) is 5.73 Å². The molecule has 0 aromatic carbocycles. The first kappa shape index (κ1) is 11.9. The van der Waals surface area contributed by atoms with Gasteiger partial charge in [-0.25, -0.2) is 4.98 Å². The number of rotatable bonds is 4. The molecule has 90 valence electrons. The summed E-state index contributed by atoms with van der Waals surface area (Å²) in [5.41, 5.74) is 7.33. The van der Waals surface area contributed by atoms with Crippen molar-refractivity contribution in [1.82, 2.24) is 4.98 Å². The highest BCUT2D eigenvalue weighted by Gasteiger charge is 2.40. The SMILES string of the molecule is Cc1nc(N(C)C)sc1C1(CCN)CCC1. The molecule has 0 spiro atoms. The molecule has 0 bridgehead atoms. The van der Waals surface area contributed by atoms with Gasteiger partial charge in [0.1, 0.15) is 0 Å². The lowest BCUT2D eigenvalue weighted by Crippen LogP contribution is -2.36. The summed E-state index contributed by atoms with van der Waals surface area (Å²) >= 11 is 1.85. The average Bonchev–Trinajstić information content (AvgIpc) is 2.54. The quantitative estimate of drug-likeness (QED) is 0.876. The number of aromatic nitrogens is 1. The van der Waals surface area contributed by atoms with Crippen molar-refractivity contribution < 1.29 is 0 Å². The monoisotopic (exact) mass is 239 g/mol. The minimum absolute atomic E-state index is 0.366. The van der Waals surface area contributed by atoms with E-state index < -0.39 is 0 Å². The van der Waals surface area contributed by atoms with Crippen molar-refractivity contribution in [2.45, 2.75) is 38.0 Å². The largest absolute Gasteiger partial charge is 0.354 e. The first-order valence-electron chi connectivity index (χ1n) is 5.94. The summed E-state index contributed by atoms with van der Waals surface area (Å²) in [6.07, 6.45) is 5.04. The number of anilines is 1. The van der Waals surface area contributed by atoms with Crippen molar-refractivity contribution in [2.75, 3.05) is 25.5 Å². The van der Waals surface area contributed by atoms with E-state index >= 15 is 0 Å². The molecule has 0 aliphatic heterocycles. The summed E-state index contributed by atoms with van der Waals surface area (Å²) in [6.45, 7) is 2.92. The molecular formula is C12H21N3S. The standard InChI is InChI=1S/C12H21N3S/c1-9-10(16-11(14-9)15(2)3)12(7-8-13)5-4-6-12/h4-8,13H2,1-3H3. The van der Waals surface area contributed by atoms with Crippen molar-refractivity contribution in [1.29, 1.82) is 0 Å². The lowest BCUT2D eigenvalue weighted by molar-refractivity contribution is 0.233. The van der Waals surface area contributed by atoms with Crippen LogP contribution < -0.4 is 10.6 Å². The van der Waals surface area contributed by atoms with Gasteiger partial charge in [-0.3, -0.25) is 0 Å². The summed E-state index contributed by atoms with van der Waals surface area (Å²) < 4.78 is 0. The van der Waals surface area contributed by atoms with E-state index in [1.807, 2.05) is 11.3 Å². The van der Waals surface area contributed by atoms with E-state index in [4.69, 9.17) is 5.73 Å². The van der Waals surface area contributed by atoms with Gasteiger partial charge in [-0.2, -0.15) is 0 Å². The molecule has 1 aromatic heterocycles. The Labute approximate surface area is 102 Å². The molecule has 1 aliphatic rings. The van der Waals surface area contributed by atoms with Gasteiger partial charge < -0.3 is 10.6 Å². The Hall–Kier alpha value is -0.610. The lowest BCUT2D eigenvalue weighted by Gasteiger charge is -2.41. The summed E-state index contributed by atoms with van der Waals surface area (Å²) in [6, 6.07) is 0. The fourth-order valence-corrected chi connectivity index (χ4v) is 3.80. The Balaban J connectivity index is 2.31. The van der Waals surface area contributed by atoms with E-state index in [9.17, 15) is 0 Å². The summed E-state index contributed by atoms with van der Waals surface area (Å²) in [5, 5.41) is 1.12. The molecular weight excluding hydrogens is 218 g/mol. The molecule has 2 rings (SSSR count). The van der Waals surface area contributed by atoms with E-state index in [1.165, 1.54) is 29.8 Å². The summed E-state index contributed by atoms with van der Waals surface area (Å²) in [5.74, 6) is 0. The highest BCUT2D eigenvalue weighted by atomic mass is 32.1. The predicted octanol–water partition coefficient (Wildman–Crippen LogP) is 2.29. The number of hydrogen-bond acceptors (Lipinski definition) is 4. The van der Waals surface area contributed by atoms with Gasteiger partial charge in [0.05, 0.1) is 5.69 Å². The minimum Gasteiger partial charge on any atom is -0.354 e. The highest BCUT2D eigenvalue weighted by Crippen LogP contribution is 2.50. The van der Waals surface area contributed by atoms with Gasteiger partial charge >= 0.3 is 0 Å². The van der Waals surface area contributed by atoms with Gasteiger partial charge in [-0.1, -0.05) is 6.42 Å². The van der Waals surface area contributed by atoms with E-state index in [1.54, 1.807) is 0 Å². The molecule has 0 saturated heterocycles. The number of hydrogen-bond donors (Lipinski definition) is 1. The van der Waals surface area contributed by atoms with Crippen LogP contribution in [-0.4, -0.2) is 25.6 Å². The predicted molar refractivity (Wildman–Crippen MR) is 70.4 cm³/mol. The molecule has 2 N–H and O–H groups in total. The van der Waals surface area contributed by atoms with E-state index in [-0.39, 0.29) is 0 Å². The number of thiazole rings is 1. The van der Waals surface area contributed by atoms with Crippen molar-refractivity contribution in [3.8, 4) is 0 Å². The summed E-state index contributed by atoms with van der Waals surface area (Å²) in [7, 11) is 4.11. The molecule has 1 saturated carbocycles. The van der Waals surface area contributed by atoms with Crippen LogP contribution in [0, 0.1) is 6.92 Å². The third-order valence-electron chi connectivity index (χ3n) is 3.58. The molecule has 1 fully saturated rings. The molecule has 0 atom stereocenters. The Bertz CT molecular complexity index is 366. The van der Waals surface area contributed by atoms with Crippen molar-refractivity contribution >= 4 is 16.5 Å². The van der Waals surface area contributed by atoms with Crippen molar-refractivity contribution in [3.63, 3.8) is 0 Å². The highest BCUT2D eigenvalue weighted by molar-refractivity contribution is 7.15. The molecule has 16 heavy (non-hydrogen) atoms. The van der Waals surface area contributed by atoms with Crippen LogP contribution in [0.25, 0.3) is 0 Å². The fraction of sp³-hybridized carbons (Fsp3) is 0.750.